The van der Waals surface area contributed by atoms with Crippen LogP contribution >= 0.6 is 0 Å². The maximum absolute atomic E-state index is 13.6. The van der Waals surface area contributed by atoms with Gasteiger partial charge in [-0.05, 0) is 37.6 Å². The number of aromatic nitrogens is 1. The van der Waals surface area contributed by atoms with Crippen molar-refractivity contribution in [3.8, 4) is 11.8 Å². The van der Waals surface area contributed by atoms with Crippen LogP contribution in [0, 0.1) is 35.4 Å². The van der Waals surface area contributed by atoms with Gasteiger partial charge in [-0.1, -0.05) is 24.3 Å². The third kappa shape index (κ3) is 5.52. The summed E-state index contributed by atoms with van der Waals surface area (Å²) in [6.45, 7) is 0.515. The molecule has 0 saturated heterocycles. The Labute approximate surface area is 159 Å². The summed E-state index contributed by atoms with van der Waals surface area (Å²) in [6, 6.07) is 5.32. The van der Waals surface area contributed by atoms with Gasteiger partial charge in [-0.15, -0.1) is 0 Å². The van der Waals surface area contributed by atoms with Crippen molar-refractivity contribution < 1.29 is 22.4 Å². The standard InChI is InChI=1S/C19H18F4N4O/c20-15-13(16(21)18(23)27-17(15)22)8-7-11-4-3-5-12(10-11)26-19(28)14(25)6-1-2-9-24/h3-5,10,14H,1-2,6,9,24-25H2,(H,26,28)/t14-/m0/s1. The van der Waals surface area contributed by atoms with Gasteiger partial charge in [0.2, 0.25) is 5.91 Å². The molecule has 1 atom stereocenters. The second-order valence-corrected chi connectivity index (χ2v) is 5.91. The molecule has 0 radical (unpaired) electrons. The first-order valence-corrected chi connectivity index (χ1v) is 8.42. The number of hydrogen-bond acceptors (Lipinski definition) is 4. The van der Waals surface area contributed by atoms with Crippen LogP contribution in [0.25, 0.3) is 0 Å². The highest BCUT2D eigenvalue weighted by molar-refractivity contribution is 5.94. The minimum atomic E-state index is -1.78. The zero-order valence-corrected chi connectivity index (χ0v) is 14.7. The zero-order valence-electron chi connectivity index (χ0n) is 14.7. The van der Waals surface area contributed by atoms with Crippen molar-refractivity contribution in [2.75, 3.05) is 11.9 Å². The summed E-state index contributed by atoms with van der Waals surface area (Å²) >= 11 is 0. The topological polar surface area (TPSA) is 94.0 Å². The third-order valence-corrected chi connectivity index (χ3v) is 3.77. The third-order valence-electron chi connectivity index (χ3n) is 3.77. The van der Waals surface area contributed by atoms with Gasteiger partial charge >= 0.3 is 0 Å². The van der Waals surface area contributed by atoms with E-state index in [4.69, 9.17) is 11.5 Å². The molecule has 148 valence electrons. The molecule has 1 aromatic heterocycles. The van der Waals surface area contributed by atoms with Gasteiger partial charge in [-0.2, -0.15) is 13.8 Å². The Balaban J connectivity index is 2.16. The van der Waals surface area contributed by atoms with Crippen LogP contribution in [-0.4, -0.2) is 23.5 Å². The predicted octanol–water partition coefficient (Wildman–Crippen LogP) is 2.43. The molecule has 0 bridgehead atoms. The molecule has 1 aromatic carbocycles. The lowest BCUT2D eigenvalue weighted by atomic mass is 10.1. The maximum Gasteiger partial charge on any atom is 0.253 e. The molecule has 0 aliphatic carbocycles. The summed E-state index contributed by atoms with van der Waals surface area (Å²) < 4.78 is 53.4. The molecule has 0 unspecified atom stereocenters. The quantitative estimate of drug-likeness (QED) is 0.304. The fraction of sp³-hybridized carbons (Fsp3) is 0.263. The SMILES string of the molecule is NCCCC[C@H](N)C(=O)Nc1cccc(C#Cc2c(F)c(F)nc(F)c2F)c1. The van der Waals surface area contributed by atoms with Crippen molar-refractivity contribution in [3.63, 3.8) is 0 Å². The normalized spacial score (nSPS) is 11.5. The van der Waals surface area contributed by atoms with Gasteiger partial charge in [-0.3, -0.25) is 4.79 Å². The van der Waals surface area contributed by atoms with Gasteiger partial charge in [-0.25, -0.2) is 8.78 Å². The number of carbonyl (C=O) groups is 1. The highest BCUT2D eigenvalue weighted by atomic mass is 19.2. The van der Waals surface area contributed by atoms with Crippen LogP contribution in [0.15, 0.2) is 24.3 Å². The molecule has 0 fully saturated rings. The molecule has 2 rings (SSSR count). The Morgan fingerprint density at radius 2 is 1.79 bits per heavy atom. The van der Waals surface area contributed by atoms with E-state index in [0.29, 0.717) is 25.1 Å². The molecular weight excluding hydrogens is 376 g/mol. The summed E-state index contributed by atoms with van der Waals surface area (Å²) in [4.78, 5) is 14.5. The summed E-state index contributed by atoms with van der Waals surface area (Å²) in [5.74, 6) is -2.89. The molecule has 1 heterocycles. The number of anilines is 1. The van der Waals surface area contributed by atoms with Gasteiger partial charge in [0.25, 0.3) is 11.9 Å². The number of nitrogens with two attached hydrogens (primary N) is 2. The lowest BCUT2D eigenvalue weighted by molar-refractivity contribution is -0.117. The molecular formula is C19H18F4N4O. The second kappa shape index (κ2) is 9.82. The summed E-state index contributed by atoms with van der Waals surface area (Å²) in [5.41, 5.74) is 10.7. The lowest BCUT2D eigenvalue weighted by Gasteiger charge is -2.12. The zero-order chi connectivity index (χ0) is 20.7. The molecule has 9 heteroatoms. The molecule has 1 amide bonds. The van der Waals surface area contributed by atoms with Crippen molar-refractivity contribution in [2.24, 2.45) is 11.5 Å². The number of pyridine rings is 1. The molecule has 5 N–H and O–H groups in total. The average molecular weight is 394 g/mol. The molecule has 2 aromatic rings. The number of nitrogens with zero attached hydrogens (tertiary/aromatic N) is 1. The highest BCUT2D eigenvalue weighted by Gasteiger charge is 2.19. The van der Waals surface area contributed by atoms with Crippen LogP contribution < -0.4 is 16.8 Å². The summed E-state index contributed by atoms with van der Waals surface area (Å²) in [7, 11) is 0. The Morgan fingerprint density at radius 3 is 2.43 bits per heavy atom. The van der Waals surface area contributed by atoms with Crippen molar-refractivity contribution in [1.29, 1.82) is 0 Å². The molecule has 28 heavy (non-hydrogen) atoms. The van der Waals surface area contributed by atoms with Crippen LogP contribution in [0.5, 0.6) is 0 Å². The van der Waals surface area contributed by atoms with Crippen LogP contribution in [-0.2, 0) is 4.79 Å². The van der Waals surface area contributed by atoms with E-state index < -0.39 is 41.0 Å². The van der Waals surface area contributed by atoms with E-state index in [0.717, 1.165) is 6.42 Å². The van der Waals surface area contributed by atoms with Gasteiger partial charge in [0.15, 0.2) is 11.6 Å². The minimum Gasteiger partial charge on any atom is -0.330 e. The highest BCUT2D eigenvalue weighted by Crippen LogP contribution is 2.16. The first-order valence-electron chi connectivity index (χ1n) is 8.42. The number of benzene rings is 1. The van der Waals surface area contributed by atoms with Crippen molar-refractivity contribution >= 4 is 11.6 Å². The van der Waals surface area contributed by atoms with Crippen LogP contribution in [0.2, 0.25) is 0 Å². The second-order valence-electron chi connectivity index (χ2n) is 5.91. The van der Waals surface area contributed by atoms with Gasteiger partial charge in [0, 0.05) is 11.3 Å². The summed E-state index contributed by atoms with van der Waals surface area (Å²) in [6.07, 6.45) is 1.95. The molecule has 5 nitrogen and oxygen atoms in total. The van der Waals surface area contributed by atoms with E-state index in [1.165, 1.54) is 12.1 Å². The van der Waals surface area contributed by atoms with Crippen molar-refractivity contribution in [1.82, 2.24) is 4.98 Å². The Morgan fingerprint density at radius 1 is 1.11 bits per heavy atom. The van der Waals surface area contributed by atoms with E-state index >= 15 is 0 Å². The van der Waals surface area contributed by atoms with Gasteiger partial charge < -0.3 is 16.8 Å². The predicted molar refractivity (Wildman–Crippen MR) is 96.0 cm³/mol. The van der Waals surface area contributed by atoms with Crippen molar-refractivity contribution in [2.45, 2.75) is 25.3 Å². The summed E-state index contributed by atoms with van der Waals surface area (Å²) in [5, 5.41) is 2.61. The van der Waals surface area contributed by atoms with E-state index in [1.54, 1.807) is 12.1 Å². The van der Waals surface area contributed by atoms with E-state index in [2.05, 4.69) is 16.2 Å². The number of carbonyl (C=O) groups excluding carboxylic acids is 1. The van der Waals surface area contributed by atoms with Crippen LogP contribution in [0.4, 0.5) is 23.2 Å². The molecule has 0 saturated carbocycles. The Hall–Kier alpha value is -2.96. The molecule has 0 spiro atoms. The fourth-order valence-corrected chi connectivity index (χ4v) is 2.28. The number of hydrogen-bond donors (Lipinski definition) is 3. The smallest absolute Gasteiger partial charge is 0.253 e. The maximum atomic E-state index is 13.6. The lowest BCUT2D eigenvalue weighted by Crippen LogP contribution is -2.35. The van der Waals surface area contributed by atoms with E-state index in [-0.39, 0.29) is 5.56 Å². The number of rotatable bonds is 6. The minimum absolute atomic E-state index is 0.255. The first-order chi connectivity index (χ1) is 13.3. The molecule has 0 aliphatic rings. The van der Waals surface area contributed by atoms with Gasteiger partial charge in [0.05, 0.1) is 6.04 Å². The van der Waals surface area contributed by atoms with E-state index in [1.807, 2.05) is 5.92 Å². The number of nitrogens with one attached hydrogen (secondary N) is 1. The fourth-order valence-electron chi connectivity index (χ4n) is 2.28. The molecule has 0 aliphatic heterocycles. The largest absolute Gasteiger partial charge is 0.330 e. The van der Waals surface area contributed by atoms with Crippen LogP contribution in [0.1, 0.15) is 30.4 Å². The first kappa shape index (κ1) is 21.3. The Bertz CT molecular complexity index is 898. The number of halogens is 4. The number of unbranched alkanes of at least 4 members (excludes halogenated alkanes) is 1. The van der Waals surface area contributed by atoms with Crippen LogP contribution in [0.3, 0.4) is 0 Å². The average Bonchev–Trinajstić information content (AvgIpc) is 2.67. The van der Waals surface area contributed by atoms with E-state index in [9.17, 15) is 22.4 Å². The Kier molecular flexibility index (Phi) is 7.49. The van der Waals surface area contributed by atoms with Crippen molar-refractivity contribution in [3.05, 3.63) is 58.9 Å². The monoisotopic (exact) mass is 394 g/mol. The number of amides is 1. The van der Waals surface area contributed by atoms with Gasteiger partial charge in [0.1, 0.15) is 5.56 Å².